The topological polar surface area (TPSA) is 57.6 Å². The molecule has 1 amide bonds. The van der Waals surface area contributed by atoms with E-state index in [1.807, 2.05) is 4.90 Å². The normalized spacial score (nSPS) is 38.5. The summed E-state index contributed by atoms with van der Waals surface area (Å²) >= 11 is 0. The first kappa shape index (κ1) is 15.4. The molecule has 2 saturated carbocycles. The van der Waals surface area contributed by atoms with Crippen molar-refractivity contribution in [2.75, 3.05) is 13.1 Å². The van der Waals surface area contributed by atoms with E-state index in [2.05, 4.69) is 24.3 Å². The fourth-order valence-corrected chi connectivity index (χ4v) is 6.18. The summed E-state index contributed by atoms with van der Waals surface area (Å²) in [5, 5.41) is 9.76. The third kappa shape index (κ3) is 2.00. The number of carboxylic acids is 1. The van der Waals surface area contributed by atoms with Gasteiger partial charge < -0.3 is 10.0 Å². The molecule has 4 atom stereocenters. The molecule has 0 bridgehead atoms. The Bertz CT molecular complexity index is 759. The maximum atomic E-state index is 13.2. The highest BCUT2D eigenvalue weighted by molar-refractivity contribution is 5.87. The van der Waals surface area contributed by atoms with Crippen molar-refractivity contribution < 1.29 is 14.7 Å². The number of likely N-dealkylation sites (tertiary alicyclic amines) is 1. The predicted molar refractivity (Wildman–Crippen MR) is 93.2 cm³/mol. The molecule has 1 heterocycles. The van der Waals surface area contributed by atoms with Gasteiger partial charge in [0.1, 0.15) is 0 Å². The number of hydrogen-bond acceptors (Lipinski definition) is 2. The molecule has 1 saturated heterocycles. The minimum atomic E-state index is -0.696. The van der Waals surface area contributed by atoms with Crippen LogP contribution in [0.4, 0.5) is 0 Å². The van der Waals surface area contributed by atoms with Crippen LogP contribution in [0.5, 0.6) is 0 Å². The van der Waals surface area contributed by atoms with Gasteiger partial charge in [-0.2, -0.15) is 0 Å². The monoisotopic (exact) mass is 339 g/mol. The Morgan fingerprint density at radius 1 is 1.16 bits per heavy atom. The zero-order chi connectivity index (χ0) is 17.2. The first-order valence-electron chi connectivity index (χ1n) is 9.67. The van der Waals surface area contributed by atoms with Crippen LogP contribution in [-0.2, 0) is 21.4 Å². The number of carbonyl (C=O) groups excluding carboxylic acids is 1. The highest BCUT2D eigenvalue weighted by Gasteiger charge is 2.63. The van der Waals surface area contributed by atoms with E-state index < -0.39 is 11.4 Å². The molecule has 1 aromatic carbocycles. The molecule has 25 heavy (non-hydrogen) atoms. The van der Waals surface area contributed by atoms with Crippen LogP contribution in [0.25, 0.3) is 0 Å². The highest BCUT2D eigenvalue weighted by atomic mass is 16.4. The number of fused-ring (bicyclic) bond motifs is 3. The van der Waals surface area contributed by atoms with Crippen LogP contribution in [0.15, 0.2) is 24.3 Å². The lowest BCUT2D eigenvalue weighted by Crippen LogP contribution is -2.38. The summed E-state index contributed by atoms with van der Waals surface area (Å²) in [5.41, 5.74) is 2.17. The smallest absolute Gasteiger partial charge is 0.311 e. The number of rotatable bonds is 2. The summed E-state index contributed by atoms with van der Waals surface area (Å²) in [6, 6.07) is 8.59. The zero-order valence-electron chi connectivity index (χ0n) is 14.5. The number of carbonyl (C=O) groups is 2. The third-order valence-electron chi connectivity index (χ3n) is 7.60. The van der Waals surface area contributed by atoms with Crippen molar-refractivity contribution in [3.8, 4) is 0 Å². The second-order valence-electron chi connectivity index (χ2n) is 8.69. The summed E-state index contributed by atoms with van der Waals surface area (Å²) in [7, 11) is 0. The van der Waals surface area contributed by atoms with Gasteiger partial charge >= 0.3 is 5.97 Å². The summed E-state index contributed by atoms with van der Waals surface area (Å²) in [6.07, 6.45) is 6.99. The molecule has 4 heteroatoms. The van der Waals surface area contributed by atoms with E-state index in [0.717, 1.165) is 44.9 Å². The molecular weight excluding hydrogens is 314 g/mol. The van der Waals surface area contributed by atoms with Crippen molar-refractivity contribution in [1.82, 2.24) is 4.90 Å². The van der Waals surface area contributed by atoms with Crippen LogP contribution in [-0.4, -0.2) is 35.0 Å². The quantitative estimate of drug-likeness (QED) is 0.901. The molecule has 3 aliphatic carbocycles. The summed E-state index contributed by atoms with van der Waals surface area (Å²) < 4.78 is 0. The average Bonchev–Trinajstić information content (AvgIpc) is 2.98. The molecule has 0 radical (unpaired) electrons. The number of aliphatic carboxylic acids is 1. The Morgan fingerprint density at radius 3 is 2.80 bits per heavy atom. The van der Waals surface area contributed by atoms with Crippen molar-refractivity contribution >= 4 is 11.9 Å². The fraction of sp³-hybridized carbons (Fsp3) is 0.619. The molecule has 1 spiro atoms. The van der Waals surface area contributed by atoms with Crippen molar-refractivity contribution in [3.63, 3.8) is 0 Å². The van der Waals surface area contributed by atoms with Crippen LogP contribution >= 0.6 is 0 Å². The van der Waals surface area contributed by atoms with E-state index in [-0.39, 0.29) is 23.2 Å². The van der Waals surface area contributed by atoms with Crippen LogP contribution < -0.4 is 0 Å². The van der Waals surface area contributed by atoms with Crippen molar-refractivity contribution in [2.45, 2.75) is 50.4 Å². The van der Waals surface area contributed by atoms with Crippen molar-refractivity contribution in [1.29, 1.82) is 0 Å². The largest absolute Gasteiger partial charge is 0.481 e. The van der Waals surface area contributed by atoms with Crippen LogP contribution in [0.3, 0.4) is 0 Å². The fourth-order valence-electron chi connectivity index (χ4n) is 6.18. The molecule has 3 fully saturated rings. The molecule has 2 unspecified atom stereocenters. The number of carboxylic acid groups (broad SMARTS) is 1. The molecule has 0 aromatic heterocycles. The van der Waals surface area contributed by atoms with E-state index >= 15 is 0 Å². The first-order chi connectivity index (χ1) is 12.1. The molecule has 1 aliphatic heterocycles. The van der Waals surface area contributed by atoms with Gasteiger partial charge in [-0.15, -0.1) is 0 Å². The molecular formula is C21H25NO3. The lowest BCUT2D eigenvalue weighted by atomic mass is 9.78. The molecule has 1 N–H and O–H groups in total. The minimum Gasteiger partial charge on any atom is -0.481 e. The van der Waals surface area contributed by atoms with Crippen LogP contribution in [0, 0.1) is 17.3 Å². The summed E-state index contributed by atoms with van der Waals surface area (Å²) in [5.74, 6) is -0.258. The van der Waals surface area contributed by atoms with Gasteiger partial charge in [-0.25, -0.2) is 0 Å². The Hall–Kier alpha value is -1.84. The Kier molecular flexibility index (Phi) is 3.14. The number of aryl methyl sites for hydroxylation is 1. The van der Waals surface area contributed by atoms with Gasteiger partial charge in [-0.05, 0) is 55.6 Å². The Balaban J connectivity index is 1.39. The van der Waals surface area contributed by atoms with Gasteiger partial charge in [0.15, 0.2) is 0 Å². The number of hydrogen-bond donors (Lipinski definition) is 1. The van der Waals surface area contributed by atoms with Gasteiger partial charge in [-0.3, -0.25) is 9.59 Å². The van der Waals surface area contributed by atoms with E-state index in [1.54, 1.807) is 0 Å². The average molecular weight is 339 g/mol. The first-order valence-corrected chi connectivity index (χ1v) is 9.67. The lowest BCUT2D eigenvalue weighted by Gasteiger charge is -2.28. The highest BCUT2D eigenvalue weighted by Crippen LogP contribution is 2.61. The van der Waals surface area contributed by atoms with E-state index in [4.69, 9.17) is 0 Å². The Morgan fingerprint density at radius 2 is 2.00 bits per heavy atom. The second-order valence-corrected chi connectivity index (χ2v) is 8.69. The Labute approximate surface area is 148 Å². The number of benzene rings is 1. The molecule has 5 rings (SSSR count). The van der Waals surface area contributed by atoms with E-state index in [0.29, 0.717) is 13.1 Å². The van der Waals surface area contributed by atoms with Gasteiger partial charge in [0, 0.05) is 24.4 Å². The van der Waals surface area contributed by atoms with Gasteiger partial charge in [-0.1, -0.05) is 30.7 Å². The van der Waals surface area contributed by atoms with Crippen LogP contribution in [0.1, 0.15) is 49.7 Å². The van der Waals surface area contributed by atoms with Crippen molar-refractivity contribution in [2.24, 2.45) is 17.3 Å². The third-order valence-corrected chi connectivity index (χ3v) is 7.60. The van der Waals surface area contributed by atoms with E-state index in [9.17, 15) is 14.7 Å². The van der Waals surface area contributed by atoms with Crippen LogP contribution in [0.2, 0.25) is 0 Å². The standard InChI is InChI=1S/C21H25NO3/c23-18(22-12-15-7-4-10-21(15,13-22)19(24)25)17-11-20(17)9-3-6-14-5-1-2-8-16(14)20/h1-2,5,8,15,17H,3-4,6-7,9-13H2,(H,24,25)/t15-,17?,20?,21+/m0/s1. The maximum absolute atomic E-state index is 13.2. The zero-order valence-corrected chi connectivity index (χ0v) is 14.5. The molecule has 132 valence electrons. The summed E-state index contributed by atoms with van der Waals surface area (Å²) in [4.78, 5) is 27.0. The lowest BCUT2D eigenvalue weighted by molar-refractivity contribution is -0.149. The second kappa shape index (κ2) is 5.09. The van der Waals surface area contributed by atoms with Gasteiger partial charge in [0.25, 0.3) is 0 Å². The number of amides is 1. The minimum absolute atomic E-state index is 0.0417. The molecule has 4 nitrogen and oxygen atoms in total. The summed E-state index contributed by atoms with van der Waals surface area (Å²) in [6.45, 7) is 1.08. The van der Waals surface area contributed by atoms with E-state index in [1.165, 1.54) is 11.1 Å². The molecule has 1 aromatic rings. The SMILES string of the molecule is O=C(C1CC12CCCc1ccccc12)N1C[C@@H]2CCC[C@@]2(C(=O)O)C1. The maximum Gasteiger partial charge on any atom is 0.311 e. The number of nitrogens with zero attached hydrogens (tertiary/aromatic N) is 1. The van der Waals surface area contributed by atoms with Crippen molar-refractivity contribution in [3.05, 3.63) is 35.4 Å². The van der Waals surface area contributed by atoms with Gasteiger partial charge in [0.05, 0.1) is 5.41 Å². The predicted octanol–water partition coefficient (Wildman–Crippen LogP) is 2.99. The molecule has 4 aliphatic rings. The van der Waals surface area contributed by atoms with Gasteiger partial charge in [0.2, 0.25) is 5.91 Å².